The minimum atomic E-state index is -1.01. The first-order valence-electron chi connectivity index (χ1n) is 7.48. The summed E-state index contributed by atoms with van der Waals surface area (Å²) in [6, 6.07) is 7.43. The van der Waals surface area contributed by atoms with Crippen LogP contribution in [0.3, 0.4) is 0 Å². The number of likely N-dealkylation sites (tertiary alicyclic amines) is 1. The second-order valence-corrected chi connectivity index (χ2v) is 6.09. The zero-order valence-corrected chi connectivity index (χ0v) is 13.7. The van der Waals surface area contributed by atoms with Gasteiger partial charge in [-0.15, -0.1) is 0 Å². The highest BCUT2D eigenvalue weighted by Crippen LogP contribution is 2.21. The van der Waals surface area contributed by atoms with Crippen molar-refractivity contribution in [3.05, 3.63) is 35.9 Å². The fourth-order valence-electron chi connectivity index (χ4n) is 2.68. The van der Waals surface area contributed by atoms with Crippen LogP contribution in [0.4, 0.5) is 0 Å². The Morgan fingerprint density at radius 1 is 1.30 bits per heavy atom. The molecule has 0 saturated carbocycles. The number of hydrogen-bond donors (Lipinski definition) is 3. The first kappa shape index (κ1) is 17.3. The van der Waals surface area contributed by atoms with Crippen molar-refractivity contribution < 1.29 is 19.5 Å². The van der Waals surface area contributed by atoms with Crippen molar-refractivity contribution in [1.82, 2.24) is 10.2 Å². The van der Waals surface area contributed by atoms with E-state index in [2.05, 4.69) is 17.9 Å². The normalized spacial score (nSPS) is 19.9. The van der Waals surface area contributed by atoms with E-state index in [9.17, 15) is 14.4 Å². The number of benzene rings is 1. The minimum absolute atomic E-state index is 0.378. The third kappa shape index (κ3) is 4.04. The van der Waals surface area contributed by atoms with Gasteiger partial charge in [0.25, 0.3) is 0 Å². The maximum Gasteiger partial charge on any atom is 0.326 e. The van der Waals surface area contributed by atoms with E-state index in [0.717, 1.165) is 5.56 Å². The molecule has 23 heavy (non-hydrogen) atoms. The van der Waals surface area contributed by atoms with Crippen LogP contribution < -0.4 is 5.32 Å². The Hall–Kier alpha value is -2.02. The fourth-order valence-corrected chi connectivity index (χ4v) is 2.92. The van der Waals surface area contributed by atoms with E-state index in [0.29, 0.717) is 19.4 Å². The van der Waals surface area contributed by atoms with Gasteiger partial charge in [-0.3, -0.25) is 9.59 Å². The van der Waals surface area contributed by atoms with Gasteiger partial charge in [0, 0.05) is 6.54 Å². The highest BCUT2D eigenvalue weighted by Gasteiger charge is 2.36. The number of hydrogen-bond acceptors (Lipinski definition) is 4. The van der Waals surface area contributed by atoms with E-state index in [-0.39, 0.29) is 11.8 Å². The molecule has 1 aromatic carbocycles. The van der Waals surface area contributed by atoms with Gasteiger partial charge in [-0.05, 0) is 25.3 Å². The Balaban J connectivity index is 1.98. The van der Waals surface area contributed by atoms with Crippen LogP contribution >= 0.6 is 12.6 Å². The van der Waals surface area contributed by atoms with Crippen molar-refractivity contribution in [3.63, 3.8) is 0 Å². The Kier molecular flexibility index (Phi) is 5.65. The number of nitrogens with zero attached hydrogens (tertiary/aromatic N) is 1. The molecule has 6 nitrogen and oxygen atoms in total. The van der Waals surface area contributed by atoms with Crippen LogP contribution in [-0.2, 0) is 14.4 Å². The summed E-state index contributed by atoms with van der Waals surface area (Å²) in [5.41, 5.74) is 0.734. The molecule has 1 fully saturated rings. The molecule has 3 atom stereocenters. The molecule has 1 aromatic rings. The van der Waals surface area contributed by atoms with Crippen LogP contribution in [-0.4, -0.2) is 46.4 Å². The summed E-state index contributed by atoms with van der Waals surface area (Å²) in [5.74, 6) is -1.77. The lowest BCUT2D eigenvalue weighted by Gasteiger charge is -2.26. The van der Waals surface area contributed by atoms with Crippen LogP contribution in [0.5, 0.6) is 0 Å². The molecule has 0 spiro atoms. The summed E-state index contributed by atoms with van der Waals surface area (Å²) < 4.78 is 0. The molecule has 124 valence electrons. The molecule has 1 aliphatic heterocycles. The number of carboxylic acids is 1. The van der Waals surface area contributed by atoms with Gasteiger partial charge in [0.05, 0.1) is 0 Å². The number of carbonyl (C=O) groups excluding carboxylic acids is 2. The number of aliphatic carboxylic acids is 1. The van der Waals surface area contributed by atoms with Gasteiger partial charge in [0.15, 0.2) is 0 Å². The van der Waals surface area contributed by atoms with E-state index < -0.39 is 23.3 Å². The molecule has 7 heteroatoms. The predicted octanol–water partition coefficient (Wildman–Crippen LogP) is 1.24. The summed E-state index contributed by atoms with van der Waals surface area (Å²) in [5, 5.41) is 11.1. The SMILES string of the molecule is CC(NC(=O)C(S)c1ccccc1)C(=O)N1CCCC1C(=O)O. The molecule has 0 aromatic heterocycles. The smallest absolute Gasteiger partial charge is 0.326 e. The molecule has 1 heterocycles. The zero-order chi connectivity index (χ0) is 17.0. The second-order valence-electron chi connectivity index (χ2n) is 5.57. The Morgan fingerprint density at radius 2 is 1.96 bits per heavy atom. The van der Waals surface area contributed by atoms with Gasteiger partial charge in [0.1, 0.15) is 17.3 Å². The van der Waals surface area contributed by atoms with Gasteiger partial charge < -0.3 is 15.3 Å². The average Bonchev–Trinajstić information content (AvgIpc) is 3.03. The standard InChI is InChI=1S/C16H20N2O4S/c1-10(15(20)18-9-5-8-12(18)16(21)22)17-14(19)13(23)11-6-3-2-4-7-11/h2-4,6-7,10,12-13,23H,5,8-9H2,1H3,(H,17,19)(H,21,22). The quantitative estimate of drug-likeness (QED) is 0.706. The fraction of sp³-hybridized carbons (Fsp3) is 0.438. The molecule has 1 saturated heterocycles. The molecule has 2 N–H and O–H groups in total. The lowest BCUT2D eigenvalue weighted by Crippen LogP contribution is -2.50. The number of carboxylic acid groups (broad SMARTS) is 1. The summed E-state index contributed by atoms with van der Waals surface area (Å²) in [6.45, 7) is 1.96. The maximum atomic E-state index is 12.4. The highest BCUT2D eigenvalue weighted by atomic mass is 32.1. The predicted molar refractivity (Wildman–Crippen MR) is 88.1 cm³/mol. The largest absolute Gasteiger partial charge is 0.480 e. The topological polar surface area (TPSA) is 86.7 Å². The minimum Gasteiger partial charge on any atom is -0.480 e. The van der Waals surface area contributed by atoms with Crippen LogP contribution in [0.2, 0.25) is 0 Å². The van der Waals surface area contributed by atoms with E-state index in [4.69, 9.17) is 5.11 Å². The summed E-state index contributed by atoms with van der Waals surface area (Å²) >= 11 is 4.29. The van der Waals surface area contributed by atoms with Gasteiger partial charge in [-0.1, -0.05) is 30.3 Å². The molecular formula is C16H20N2O4S. The monoisotopic (exact) mass is 336 g/mol. The van der Waals surface area contributed by atoms with Gasteiger partial charge in [0.2, 0.25) is 11.8 Å². The number of nitrogens with one attached hydrogen (secondary N) is 1. The van der Waals surface area contributed by atoms with Crippen molar-refractivity contribution >= 4 is 30.4 Å². The van der Waals surface area contributed by atoms with Crippen LogP contribution in [0.15, 0.2) is 30.3 Å². The number of thiol groups is 1. The second kappa shape index (κ2) is 7.50. The lowest BCUT2D eigenvalue weighted by molar-refractivity contribution is -0.149. The van der Waals surface area contributed by atoms with E-state index >= 15 is 0 Å². The van der Waals surface area contributed by atoms with Crippen LogP contribution in [0, 0.1) is 0 Å². The summed E-state index contributed by atoms with van der Waals surface area (Å²) in [4.78, 5) is 37.1. The highest BCUT2D eigenvalue weighted by molar-refractivity contribution is 7.81. The van der Waals surface area contributed by atoms with E-state index in [1.54, 1.807) is 19.1 Å². The Bertz CT molecular complexity index is 593. The number of rotatable bonds is 5. The van der Waals surface area contributed by atoms with Crippen LogP contribution in [0.1, 0.15) is 30.6 Å². The molecule has 2 rings (SSSR count). The van der Waals surface area contributed by atoms with Gasteiger partial charge >= 0.3 is 5.97 Å². The molecule has 1 aliphatic rings. The third-order valence-corrected chi connectivity index (χ3v) is 4.45. The van der Waals surface area contributed by atoms with E-state index in [1.165, 1.54) is 4.90 Å². The summed E-state index contributed by atoms with van der Waals surface area (Å²) in [7, 11) is 0. The van der Waals surface area contributed by atoms with Crippen molar-refractivity contribution in [1.29, 1.82) is 0 Å². The Labute approximate surface area is 140 Å². The molecular weight excluding hydrogens is 316 g/mol. The summed E-state index contributed by atoms with van der Waals surface area (Å²) in [6.07, 6.45) is 1.10. The van der Waals surface area contributed by atoms with Gasteiger partial charge in [-0.25, -0.2) is 4.79 Å². The number of carbonyl (C=O) groups is 3. The zero-order valence-electron chi connectivity index (χ0n) is 12.8. The van der Waals surface area contributed by atoms with Crippen molar-refractivity contribution in [2.24, 2.45) is 0 Å². The van der Waals surface area contributed by atoms with E-state index in [1.807, 2.05) is 18.2 Å². The average molecular weight is 336 g/mol. The van der Waals surface area contributed by atoms with Crippen molar-refractivity contribution in [2.45, 2.75) is 37.1 Å². The first-order valence-corrected chi connectivity index (χ1v) is 8.00. The molecule has 0 radical (unpaired) electrons. The first-order chi connectivity index (χ1) is 10.9. The van der Waals surface area contributed by atoms with Gasteiger partial charge in [-0.2, -0.15) is 12.6 Å². The van der Waals surface area contributed by atoms with Crippen molar-refractivity contribution in [3.8, 4) is 0 Å². The van der Waals surface area contributed by atoms with Crippen molar-refractivity contribution in [2.75, 3.05) is 6.54 Å². The number of amides is 2. The molecule has 0 bridgehead atoms. The molecule has 3 unspecified atom stereocenters. The van der Waals surface area contributed by atoms with Crippen LogP contribution in [0.25, 0.3) is 0 Å². The molecule has 2 amide bonds. The Morgan fingerprint density at radius 3 is 2.57 bits per heavy atom. The third-order valence-electron chi connectivity index (χ3n) is 3.91. The molecule has 0 aliphatic carbocycles. The lowest BCUT2D eigenvalue weighted by atomic mass is 10.1. The maximum absolute atomic E-state index is 12.4.